The van der Waals surface area contributed by atoms with E-state index < -0.39 is 11.9 Å². The lowest BCUT2D eigenvalue weighted by atomic mass is 9.89. The number of hydrogen-bond acceptors (Lipinski definition) is 3. The minimum Gasteiger partial charge on any atom is -0.481 e. The van der Waals surface area contributed by atoms with Crippen LogP contribution in [0.3, 0.4) is 0 Å². The Morgan fingerprint density at radius 1 is 1.17 bits per heavy atom. The average molecular weight is 331 g/mol. The Kier molecular flexibility index (Phi) is 5.33. The summed E-state index contributed by atoms with van der Waals surface area (Å²) in [6.45, 7) is 1.41. The van der Waals surface area contributed by atoms with Gasteiger partial charge in [0.15, 0.2) is 0 Å². The van der Waals surface area contributed by atoms with E-state index in [2.05, 4.69) is 10.3 Å². The topological polar surface area (TPSA) is 82.5 Å². The normalized spacial score (nSPS) is 24.8. The molecule has 2 fully saturated rings. The third-order valence-corrected chi connectivity index (χ3v) is 5.33. The zero-order valence-electron chi connectivity index (χ0n) is 13.9. The number of likely N-dealkylation sites (tertiary alicyclic amines) is 1. The number of pyridine rings is 1. The van der Waals surface area contributed by atoms with E-state index >= 15 is 0 Å². The van der Waals surface area contributed by atoms with Gasteiger partial charge in [-0.2, -0.15) is 0 Å². The number of carboxylic acids is 1. The first-order valence-corrected chi connectivity index (χ1v) is 8.80. The van der Waals surface area contributed by atoms with Crippen LogP contribution in [-0.4, -0.2) is 46.6 Å². The van der Waals surface area contributed by atoms with E-state index in [1.54, 1.807) is 17.3 Å². The maximum Gasteiger partial charge on any atom is 0.317 e. The lowest BCUT2D eigenvalue weighted by molar-refractivity contribution is -0.141. The van der Waals surface area contributed by atoms with Gasteiger partial charge in [-0.1, -0.05) is 19.3 Å². The van der Waals surface area contributed by atoms with Crippen LogP contribution in [0.1, 0.15) is 43.6 Å². The molecule has 0 unspecified atom stereocenters. The van der Waals surface area contributed by atoms with Crippen molar-refractivity contribution >= 4 is 12.0 Å². The Bertz CT molecular complexity index is 572. The van der Waals surface area contributed by atoms with Gasteiger partial charge in [0, 0.05) is 37.9 Å². The highest BCUT2D eigenvalue weighted by Gasteiger charge is 2.40. The van der Waals surface area contributed by atoms with Gasteiger partial charge in [0.2, 0.25) is 0 Å². The smallest absolute Gasteiger partial charge is 0.317 e. The predicted molar refractivity (Wildman–Crippen MR) is 89.7 cm³/mol. The zero-order valence-corrected chi connectivity index (χ0v) is 13.9. The Balaban J connectivity index is 1.60. The Labute approximate surface area is 142 Å². The van der Waals surface area contributed by atoms with Gasteiger partial charge in [-0.05, 0) is 36.5 Å². The van der Waals surface area contributed by atoms with Gasteiger partial charge in [0.25, 0.3) is 0 Å². The molecule has 2 N–H and O–H groups in total. The number of aliphatic carboxylic acids is 1. The van der Waals surface area contributed by atoms with Crippen LogP contribution < -0.4 is 5.32 Å². The van der Waals surface area contributed by atoms with Gasteiger partial charge in [-0.3, -0.25) is 9.78 Å². The molecule has 6 nitrogen and oxygen atoms in total. The average Bonchev–Trinajstić information content (AvgIpc) is 3.07. The van der Waals surface area contributed by atoms with Crippen LogP contribution in [-0.2, 0) is 4.79 Å². The first-order valence-electron chi connectivity index (χ1n) is 8.80. The number of rotatable bonds is 4. The SMILES string of the molecule is O=C(O)[C@@H]1CN(C(=O)NCC2CCCCC2)C[C@H]1c1ccncc1. The van der Waals surface area contributed by atoms with E-state index in [1.165, 1.54) is 32.1 Å². The third-order valence-electron chi connectivity index (χ3n) is 5.33. The first-order chi connectivity index (χ1) is 11.6. The summed E-state index contributed by atoms with van der Waals surface area (Å²) in [6.07, 6.45) is 9.48. The molecule has 2 heterocycles. The molecule has 24 heavy (non-hydrogen) atoms. The number of aromatic nitrogens is 1. The van der Waals surface area contributed by atoms with Crippen molar-refractivity contribution in [2.24, 2.45) is 11.8 Å². The molecule has 3 rings (SSSR count). The van der Waals surface area contributed by atoms with Crippen LogP contribution in [0.2, 0.25) is 0 Å². The molecular weight excluding hydrogens is 306 g/mol. The highest BCUT2D eigenvalue weighted by atomic mass is 16.4. The van der Waals surface area contributed by atoms with Crippen molar-refractivity contribution in [3.05, 3.63) is 30.1 Å². The summed E-state index contributed by atoms with van der Waals surface area (Å²) in [5, 5.41) is 12.5. The number of urea groups is 1. The first kappa shape index (κ1) is 16.7. The molecule has 1 aliphatic carbocycles. The van der Waals surface area contributed by atoms with Gasteiger partial charge in [-0.25, -0.2) is 4.79 Å². The molecule has 1 saturated carbocycles. The van der Waals surface area contributed by atoms with Gasteiger partial charge in [0.05, 0.1) is 5.92 Å². The lowest BCUT2D eigenvalue weighted by Gasteiger charge is -2.24. The minimum absolute atomic E-state index is 0.136. The van der Waals surface area contributed by atoms with E-state index in [1.807, 2.05) is 12.1 Å². The van der Waals surface area contributed by atoms with E-state index in [-0.39, 0.29) is 18.5 Å². The number of amides is 2. The quantitative estimate of drug-likeness (QED) is 0.888. The van der Waals surface area contributed by atoms with Crippen LogP contribution in [0.5, 0.6) is 0 Å². The summed E-state index contributed by atoms with van der Waals surface area (Å²) < 4.78 is 0. The number of nitrogens with zero attached hydrogens (tertiary/aromatic N) is 2. The fraction of sp³-hybridized carbons (Fsp3) is 0.611. The maximum absolute atomic E-state index is 12.4. The van der Waals surface area contributed by atoms with Gasteiger partial charge < -0.3 is 15.3 Å². The summed E-state index contributed by atoms with van der Waals surface area (Å²) in [6, 6.07) is 3.54. The number of nitrogens with one attached hydrogen (secondary N) is 1. The molecule has 0 radical (unpaired) electrons. The van der Waals surface area contributed by atoms with E-state index in [4.69, 9.17) is 0 Å². The maximum atomic E-state index is 12.4. The lowest BCUT2D eigenvalue weighted by Crippen LogP contribution is -2.41. The molecule has 0 bridgehead atoms. The largest absolute Gasteiger partial charge is 0.481 e. The monoisotopic (exact) mass is 331 g/mol. The summed E-state index contributed by atoms with van der Waals surface area (Å²) in [5.74, 6) is -1.02. The molecule has 130 valence electrons. The molecule has 1 aromatic heterocycles. The fourth-order valence-electron chi connectivity index (χ4n) is 3.90. The van der Waals surface area contributed by atoms with Gasteiger partial charge in [-0.15, -0.1) is 0 Å². The van der Waals surface area contributed by atoms with Crippen molar-refractivity contribution < 1.29 is 14.7 Å². The van der Waals surface area contributed by atoms with Crippen LogP contribution in [0, 0.1) is 11.8 Å². The molecule has 2 amide bonds. The van der Waals surface area contributed by atoms with Gasteiger partial charge in [0.1, 0.15) is 0 Å². The number of carbonyl (C=O) groups is 2. The van der Waals surface area contributed by atoms with Crippen molar-refractivity contribution in [1.82, 2.24) is 15.2 Å². The van der Waals surface area contributed by atoms with Crippen LogP contribution in [0.25, 0.3) is 0 Å². The highest BCUT2D eigenvalue weighted by molar-refractivity contribution is 5.78. The van der Waals surface area contributed by atoms with Gasteiger partial charge >= 0.3 is 12.0 Å². The van der Waals surface area contributed by atoms with Crippen molar-refractivity contribution in [3.8, 4) is 0 Å². The molecule has 1 aliphatic heterocycles. The summed E-state index contributed by atoms with van der Waals surface area (Å²) >= 11 is 0. The minimum atomic E-state index is -0.848. The molecule has 0 spiro atoms. The van der Waals surface area contributed by atoms with Crippen LogP contribution >= 0.6 is 0 Å². The second-order valence-corrected chi connectivity index (χ2v) is 6.93. The van der Waals surface area contributed by atoms with Crippen molar-refractivity contribution in [3.63, 3.8) is 0 Å². The number of carboxylic acid groups (broad SMARTS) is 1. The third kappa shape index (κ3) is 3.86. The standard InChI is InChI=1S/C18H25N3O3/c22-17(23)16-12-21(11-15(16)14-6-8-19-9-7-14)18(24)20-10-13-4-2-1-3-5-13/h6-9,13,15-16H,1-5,10-12H2,(H,20,24)(H,22,23)/t15-,16+/m0/s1. The number of hydrogen-bond donors (Lipinski definition) is 2. The van der Waals surface area contributed by atoms with E-state index in [9.17, 15) is 14.7 Å². The Hall–Kier alpha value is -2.11. The highest BCUT2D eigenvalue weighted by Crippen LogP contribution is 2.32. The Morgan fingerprint density at radius 3 is 2.54 bits per heavy atom. The second kappa shape index (κ2) is 7.64. The summed E-state index contributed by atoms with van der Waals surface area (Å²) in [4.78, 5) is 29.7. The zero-order chi connectivity index (χ0) is 16.9. The van der Waals surface area contributed by atoms with Crippen LogP contribution in [0.4, 0.5) is 4.79 Å². The van der Waals surface area contributed by atoms with Crippen LogP contribution in [0.15, 0.2) is 24.5 Å². The van der Waals surface area contributed by atoms with Crippen molar-refractivity contribution in [1.29, 1.82) is 0 Å². The Morgan fingerprint density at radius 2 is 1.88 bits per heavy atom. The molecule has 1 aromatic rings. The fourth-order valence-corrected chi connectivity index (χ4v) is 3.90. The number of carbonyl (C=O) groups excluding carboxylic acids is 1. The summed E-state index contributed by atoms with van der Waals surface area (Å²) in [7, 11) is 0. The second-order valence-electron chi connectivity index (χ2n) is 6.93. The molecule has 2 atom stereocenters. The molecule has 1 saturated heterocycles. The molecule has 2 aliphatic rings. The molecule has 0 aromatic carbocycles. The van der Waals surface area contributed by atoms with E-state index in [0.29, 0.717) is 19.0 Å². The van der Waals surface area contributed by atoms with Crippen molar-refractivity contribution in [2.45, 2.75) is 38.0 Å². The van der Waals surface area contributed by atoms with Crippen molar-refractivity contribution in [2.75, 3.05) is 19.6 Å². The molecule has 6 heteroatoms. The summed E-state index contributed by atoms with van der Waals surface area (Å²) in [5.41, 5.74) is 0.931. The van der Waals surface area contributed by atoms with E-state index in [0.717, 1.165) is 5.56 Å². The predicted octanol–water partition coefficient (Wildman–Crippen LogP) is 2.47. The molecular formula is C18H25N3O3.